The number of carbonyl (C=O) groups is 2. The molecule has 0 N–H and O–H groups in total. The summed E-state index contributed by atoms with van der Waals surface area (Å²) in [5, 5.41) is 8.86. The van der Waals surface area contributed by atoms with Crippen LogP contribution in [0.2, 0.25) is 0 Å². The lowest BCUT2D eigenvalue weighted by Crippen LogP contribution is -2.36. The van der Waals surface area contributed by atoms with Gasteiger partial charge in [0, 0.05) is 12.6 Å². The van der Waals surface area contributed by atoms with E-state index < -0.39 is 11.9 Å². The summed E-state index contributed by atoms with van der Waals surface area (Å²) in [7, 11) is 2.89. The van der Waals surface area contributed by atoms with Crippen molar-refractivity contribution in [2.75, 3.05) is 27.3 Å². The fourth-order valence-corrected chi connectivity index (χ4v) is 2.38. The van der Waals surface area contributed by atoms with Gasteiger partial charge in [0.05, 0.1) is 7.11 Å². The van der Waals surface area contributed by atoms with Gasteiger partial charge < -0.3 is 14.4 Å². The van der Waals surface area contributed by atoms with Crippen LogP contribution in [-0.2, 0) is 14.3 Å². The Morgan fingerprint density at radius 2 is 2.12 bits per heavy atom. The molecule has 0 spiro atoms. The van der Waals surface area contributed by atoms with E-state index in [-0.39, 0.29) is 18.3 Å². The largest absolute Gasteiger partial charge is 0.478 e. The molecule has 0 saturated carbocycles. The Morgan fingerprint density at radius 1 is 1.42 bits per heavy atom. The predicted molar refractivity (Wildman–Crippen MR) is 89.6 cm³/mol. The van der Waals surface area contributed by atoms with E-state index >= 15 is 0 Å². The number of amides is 1. The third kappa shape index (κ3) is 3.52. The SMILES string of the molecule is COC(=O)CN1C(=O)/C(=C/c2ccccc2OCC#N)N(C)C1=S. The normalized spacial score (nSPS) is 15.6. The van der Waals surface area contributed by atoms with Crippen LogP contribution >= 0.6 is 12.2 Å². The molecule has 0 aromatic heterocycles. The molecular formula is C16H15N3O4S. The molecule has 0 unspecified atom stereocenters. The topological polar surface area (TPSA) is 82.9 Å². The van der Waals surface area contributed by atoms with Gasteiger partial charge in [-0.2, -0.15) is 5.26 Å². The predicted octanol–water partition coefficient (Wildman–Crippen LogP) is 1.16. The van der Waals surface area contributed by atoms with Crippen molar-refractivity contribution in [3.8, 4) is 11.8 Å². The number of hydrogen-bond acceptors (Lipinski definition) is 6. The van der Waals surface area contributed by atoms with E-state index in [1.807, 2.05) is 6.07 Å². The first kappa shape index (κ1) is 17.4. The Balaban J connectivity index is 2.33. The Kier molecular flexibility index (Phi) is 5.50. The van der Waals surface area contributed by atoms with Crippen LogP contribution < -0.4 is 4.74 Å². The molecule has 1 fully saturated rings. The maximum atomic E-state index is 12.5. The molecule has 1 saturated heterocycles. The summed E-state index contributed by atoms with van der Waals surface area (Å²) in [6.07, 6.45) is 1.61. The Labute approximate surface area is 144 Å². The van der Waals surface area contributed by atoms with Crippen LogP contribution in [-0.4, -0.2) is 54.1 Å². The van der Waals surface area contributed by atoms with Gasteiger partial charge in [-0.1, -0.05) is 18.2 Å². The molecule has 1 amide bonds. The zero-order valence-corrected chi connectivity index (χ0v) is 14.0. The van der Waals surface area contributed by atoms with Crippen LogP contribution in [0.3, 0.4) is 0 Å². The van der Waals surface area contributed by atoms with E-state index in [0.29, 0.717) is 17.0 Å². The number of carbonyl (C=O) groups excluding carboxylic acids is 2. The molecule has 124 valence electrons. The number of nitrogens with zero attached hydrogens (tertiary/aromatic N) is 3. The fourth-order valence-electron chi connectivity index (χ4n) is 2.13. The second-order valence-electron chi connectivity index (χ2n) is 4.82. The molecule has 0 atom stereocenters. The first-order valence-electron chi connectivity index (χ1n) is 6.96. The summed E-state index contributed by atoms with van der Waals surface area (Å²) in [5.74, 6) is -0.480. The molecule has 1 aromatic carbocycles. The molecule has 7 nitrogen and oxygen atoms in total. The monoisotopic (exact) mass is 345 g/mol. The molecule has 8 heteroatoms. The zero-order valence-electron chi connectivity index (χ0n) is 13.2. The third-order valence-electron chi connectivity index (χ3n) is 3.36. The van der Waals surface area contributed by atoms with Gasteiger partial charge >= 0.3 is 5.97 Å². The molecule has 1 aliphatic heterocycles. The number of para-hydroxylation sites is 1. The van der Waals surface area contributed by atoms with Crippen molar-refractivity contribution in [2.45, 2.75) is 0 Å². The number of methoxy groups -OCH3 is 1. The molecular weight excluding hydrogens is 330 g/mol. The number of esters is 1. The van der Waals surface area contributed by atoms with Gasteiger partial charge in [0.1, 0.15) is 24.1 Å². The molecule has 0 aliphatic carbocycles. The summed E-state index contributed by atoms with van der Waals surface area (Å²) in [5.41, 5.74) is 0.933. The lowest BCUT2D eigenvalue weighted by Gasteiger charge is -2.14. The van der Waals surface area contributed by atoms with Crippen molar-refractivity contribution in [1.29, 1.82) is 5.26 Å². The quantitative estimate of drug-likeness (QED) is 0.450. The second-order valence-corrected chi connectivity index (χ2v) is 5.19. The Bertz CT molecular complexity index is 754. The molecule has 0 bridgehead atoms. The number of ether oxygens (including phenoxy) is 2. The third-order valence-corrected chi connectivity index (χ3v) is 3.86. The molecule has 1 aromatic rings. The average molecular weight is 345 g/mol. The van der Waals surface area contributed by atoms with Gasteiger partial charge in [0.2, 0.25) is 0 Å². The highest BCUT2D eigenvalue weighted by molar-refractivity contribution is 7.80. The molecule has 1 aliphatic rings. The summed E-state index contributed by atoms with van der Waals surface area (Å²) in [4.78, 5) is 26.7. The minimum atomic E-state index is -0.557. The highest BCUT2D eigenvalue weighted by Gasteiger charge is 2.37. The second kappa shape index (κ2) is 7.57. The van der Waals surface area contributed by atoms with E-state index in [9.17, 15) is 9.59 Å². The summed E-state index contributed by atoms with van der Waals surface area (Å²) in [6, 6.07) is 8.91. The van der Waals surface area contributed by atoms with E-state index in [2.05, 4.69) is 4.74 Å². The maximum Gasteiger partial charge on any atom is 0.325 e. The maximum absolute atomic E-state index is 12.5. The average Bonchev–Trinajstić information content (AvgIpc) is 2.78. The van der Waals surface area contributed by atoms with Crippen molar-refractivity contribution in [1.82, 2.24) is 9.80 Å². The number of thiocarbonyl (C=S) groups is 1. The van der Waals surface area contributed by atoms with Crippen molar-refractivity contribution in [2.24, 2.45) is 0 Å². The number of hydrogen-bond donors (Lipinski definition) is 0. The van der Waals surface area contributed by atoms with Gasteiger partial charge in [-0.25, -0.2) is 0 Å². The van der Waals surface area contributed by atoms with Gasteiger partial charge in [-0.05, 0) is 24.4 Å². The van der Waals surface area contributed by atoms with E-state index in [4.69, 9.17) is 22.2 Å². The summed E-state index contributed by atoms with van der Waals surface area (Å²) in [6.45, 7) is -0.348. The van der Waals surface area contributed by atoms with Crippen LogP contribution in [0.25, 0.3) is 6.08 Å². The molecule has 0 radical (unpaired) electrons. The number of nitriles is 1. The van der Waals surface area contributed by atoms with Crippen LogP contribution in [0, 0.1) is 11.3 Å². The standard InChI is InChI=1S/C16H15N3O4S/c1-18-12(15(21)19(16(18)24)10-14(20)22-2)9-11-5-3-4-6-13(11)23-8-7-17/h3-6,9H,8,10H2,1-2H3/b12-9-. The highest BCUT2D eigenvalue weighted by atomic mass is 32.1. The number of benzene rings is 1. The van der Waals surface area contributed by atoms with Crippen molar-refractivity contribution in [3.63, 3.8) is 0 Å². The Hall–Kier alpha value is -2.92. The van der Waals surface area contributed by atoms with E-state index in [1.165, 1.54) is 16.9 Å². The Morgan fingerprint density at radius 3 is 2.79 bits per heavy atom. The van der Waals surface area contributed by atoms with Gasteiger partial charge in [0.25, 0.3) is 5.91 Å². The molecule has 2 rings (SSSR count). The van der Waals surface area contributed by atoms with Crippen LogP contribution in [0.5, 0.6) is 5.75 Å². The van der Waals surface area contributed by atoms with Crippen molar-refractivity contribution in [3.05, 3.63) is 35.5 Å². The minimum absolute atomic E-state index is 0.100. The van der Waals surface area contributed by atoms with Crippen LogP contribution in [0.4, 0.5) is 0 Å². The summed E-state index contributed by atoms with van der Waals surface area (Å²) < 4.78 is 9.93. The minimum Gasteiger partial charge on any atom is -0.478 e. The van der Waals surface area contributed by atoms with E-state index in [1.54, 1.807) is 37.4 Å². The molecule has 24 heavy (non-hydrogen) atoms. The lowest BCUT2D eigenvalue weighted by molar-refractivity contribution is -0.143. The highest BCUT2D eigenvalue weighted by Crippen LogP contribution is 2.26. The summed E-state index contributed by atoms with van der Waals surface area (Å²) >= 11 is 5.21. The smallest absolute Gasteiger partial charge is 0.325 e. The first-order valence-corrected chi connectivity index (χ1v) is 7.37. The fraction of sp³-hybridized carbons (Fsp3) is 0.250. The van der Waals surface area contributed by atoms with Gasteiger partial charge in [-0.3, -0.25) is 14.5 Å². The van der Waals surface area contributed by atoms with Gasteiger partial charge in [0.15, 0.2) is 11.7 Å². The lowest BCUT2D eigenvalue weighted by atomic mass is 10.1. The van der Waals surface area contributed by atoms with Crippen molar-refractivity contribution < 1.29 is 19.1 Å². The van der Waals surface area contributed by atoms with E-state index in [0.717, 1.165) is 0 Å². The number of likely N-dealkylation sites (N-methyl/N-ethyl adjacent to an activating group) is 1. The number of rotatable bonds is 5. The zero-order chi connectivity index (χ0) is 17.7. The molecule has 1 heterocycles. The first-order chi connectivity index (χ1) is 11.5. The van der Waals surface area contributed by atoms with Gasteiger partial charge in [-0.15, -0.1) is 0 Å². The van der Waals surface area contributed by atoms with Crippen LogP contribution in [0.1, 0.15) is 5.56 Å². The van der Waals surface area contributed by atoms with Crippen LogP contribution in [0.15, 0.2) is 30.0 Å². The van der Waals surface area contributed by atoms with Crippen molar-refractivity contribution >= 4 is 35.3 Å².